The first kappa shape index (κ1) is 13.9. The highest BCUT2D eigenvalue weighted by molar-refractivity contribution is 5.68. The van der Waals surface area contributed by atoms with Gasteiger partial charge < -0.3 is 11.1 Å². The molecule has 0 amide bonds. The molecule has 0 aliphatic rings. The van der Waals surface area contributed by atoms with Gasteiger partial charge in [-0.2, -0.15) is 5.10 Å². The van der Waals surface area contributed by atoms with E-state index in [0.29, 0.717) is 12.2 Å². The third kappa shape index (κ3) is 2.31. The van der Waals surface area contributed by atoms with Crippen molar-refractivity contribution in [2.45, 2.75) is 19.9 Å². The maximum Gasteiger partial charge on any atom is 0.332 e. The first-order valence-corrected chi connectivity index (χ1v) is 6.30. The van der Waals surface area contributed by atoms with E-state index in [9.17, 15) is 9.59 Å². The molecule has 0 aliphatic carbocycles. The fourth-order valence-electron chi connectivity index (χ4n) is 1.97. The van der Waals surface area contributed by atoms with E-state index in [1.54, 1.807) is 24.1 Å². The first-order valence-electron chi connectivity index (χ1n) is 6.30. The first-order chi connectivity index (χ1) is 9.45. The number of anilines is 3. The lowest BCUT2D eigenvalue weighted by molar-refractivity contribution is 0.601. The quantitative estimate of drug-likeness (QED) is 0.821. The maximum atomic E-state index is 12.2. The summed E-state index contributed by atoms with van der Waals surface area (Å²) in [6.07, 6.45) is 4.04. The number of hydrogen-bond acceptors (Lipinski definition) is 5. The second kappa shape index (κ2) is 5.24. The van der Waals surface area contributed by atoms with Crippen LogP contribution in [0.25, 0.3) is 0 Å². The van der Waals surface area contributed by atoms with E-state index in [4.69, 9.17) is 5.73 Å². The summed E-state index contributed by atoms with van der Waals surface area (Å²) in [5.41, 5.74) is 5.91. The number of rotatable bonds is 4. The van der Waals surface area contributed by atoms with Crippen molar-refractivity contribution >= 4 is 17.2 Å². The van der Waals surface area contributed by atoms with Crippen LogP contribution in [0.2, 0.25) is 0 Å². The van der Waals surface area contributed by atoms with Gasteiger partial charge in [-0.1, -0.05) is 6.92 Å². The third-order valence-electron chi connectivity index (χ3n) is 3.00. The summed E-state index contributed by atoms with van der Waals surface area (Å²) < 4.78 is 4.04. The van der Waals surface area contributed by atoms with Gasteiger partial charge >= 0.3 is 5.69 Å². The van der Waals surface area contributed by atoms with Crippen molar-refractivity contribution in [2.24, 2.45) is 14.1 Å². The number of nitrogens with one attached hydrogen (secondary N) is 1. The summed E-state index contributed by atoms with van der Waals surface area (Å²) in [5.74, 6) is 0.142. The minimum atomic E-state index is -0.455. The Morgan fingerprint density at radius 1 is 1.35 bits per heavy atom. The van der Waals surface area contributed by atoms with E-state index in [2.05, 4.69) is 10.4 Å². The molecular formula is C12H18N6O2. The summed E-state index contributed by atoms with van der Waals surface area (Å²) in [5, 5.41) is 6.93. The second-order valence-electron chi connectivity index (χ2n) is 4.59. The SMILES string of the molecule is CCCn1c(N)c(Nc2cnn(C)c2)c(=O)n(C)c1=O. The maximum absolute atomic E-state index is 12.2. The van der Waals surface area contributed by atoms with Crippen molar-refractivity contribution in [1.82, 2.24) is 18.9 Å². The minimum Gasteiger partial charge on any atom is -0.383 e. The number of nitrogens with zero attached hydrogens (tertiary/aromatic N) is 4. The smallest absolute Gasteiger partial charge is 0.332 e. The van der Waals surface area contributed by atoms with Gasteiger partial charge in [0.25, 0.3) is 5.56 Å². The fourth-order valence-corrected chi connectivity index (χ4v) is 1.97. The van der Waals surface area contributed by atoms with Gasteiger partial charge in [-0.25, -0.2) is 4.79 Å². The summed E-state index contributed by atoms with van der Waals surface area (Å²) in [7, 11) is 3.20. The monoisotopic (exact) mass is 278 g/mol. The Kier molecular flexibility index (Phi) is 3.64. The highest BCUT2D eigenvalue weighted by Gasteiger charge is 2.15. The normalized spacial score (nSPS) is 10.8. The van der Waals surface area contributed by atoms with E-state index >= 15 is 0 Å². The average molecular weight is 278 g/mol. The van der Waals surface area contributed by atoms with Crippen molar-refractivity contribution in [3.63, 3.8) is 0 Å². The summed E-state index contributed by atoms with van der Waals surface area (Å²) in [4.78, 5) is 24.2. The highest BCUT2D eigenvalue weighted by Crippen LogP contribution is 2.17. The molecule has 0 aromatic carbocycles. The minimum absolute atomic E-state index is 0.142. The zero-order valence-corrected chi connectivity index (χ0v) is 11.8. The fraction of sp³-hybridized carbons (Fsp3) is 0.417. The van der Waals surface area contributed by atoms with Crippen LogP contribution in [0.4, 0.5) is 17.2 Å². The summed E-state index contributed by atoms with van der Waals surface area (Å²) in [6, 6.07) is 0. The summed E-state index contributed by atoms with van der Waals surface area (Å²) in [6.45, 7) is 2.39. The molecule has 3 N–H and O–H groups in total. The van der Waals surface area contributed by atoms with Crippen LogP contribution >= 0.6 is 0 Å². The molecule has 2 rings (SSSR count). The van der Waals surface area contributed by atoms with Crippen molar-refractivity contribution < 1.29 is 0 Å². The van der Waals surface area contributed by atoms with Crippen LogP contribution in [0.5, 0.6) is 0 Å². The highest BCUT2D eigenvalue weighted by atomic mass is 16.2. The number of aryl methyl sites for hydroxylation is 1. The number of hydrogen-bond donors (Lipinski definition) is 2. The molecule has 0 fully saturated rings. The van der Waals surface area contributed by atoms with E-state index in [1.165, 1.54) is 11.6 Å². The Morgan fingerprint density at radius 2 is 2.05 bits per heavy atom. The van der Waals surface area contributed by atoms with Crippen LogP contribution in [-0.2, 0) is 20.6 Å². The topological polar surface area (TPSA) is 99.9 Å². The molecule has 20 heavy (non-hydrogen) atoms. The van der Waals surface area contributed by atoms with Gasteiger partial charge in [-0.3, -0.25) is 18.6 Å². The molecule has 8 nitrogen and oxygen atoms in total. The Balaban J connectivity index is 2.57. The van der Waals surface area contributed by atoms with Crippen LogP contribution in [0, 0.1) is 0 Å². The predicted molar refractivity (Wildman–Crippen MR) is 77.1 cm³/mol. The van der Waals surface area contributed by atoms with Crippen molar-refractivity contribution in [3.8, 4) is 0 Å². The Bertz CT molecular complexity index is 739. The molecule has 0 bridgehead atoms. The standard InChI is InChI=1S/C12H18N6O2/c1-4-5-18-10(13)9(11(19)17(3)12(18)20)15-8-6-14-16(2)7-8/h6-7,15H,4-5,13H2,1-3H3. The van der Waals surface area contributed by atoms with Crippen LogP contribution in [0.1, 0.15) is 13.3 Å². The predicted octanol–water partition coefficient (Wildman–Crippen LogP) is 0.0163. The van der Waals surface area contributed by atoms with Crippen molar-refractivity contribution in [1.29, 1.82) is 0 Å². The number of nitrogens with two attached hydrogens (primary N) is 1. The van der Waals surface area contributed by atoms with Crippen LogP contribution in [0.15, 0.2) is 22.0 Å². The van der Waals surface area contributed by atoms with Gasteiger partial charge in [-0.15, -0.1) is 0 Å². The van der Waals surface area contributed by atoms with Gasteiger partial charge in [0.2, 0.25) is 0 Å². The lowest BCUT2D eigenvalue weighted by atomic mass is 10.4. The second-order valence-corrected chi connectivity index (χ2v) is 4.59. The van der Waals surface area contributed by atoms with E-state index in [-0.39, 0.29) is 11.5 Å². The van der Waals surface area contributed by atoms with Crippen LogP contribution in [-0.4, -0.2) is 18.9 Å². The molecule has 0 saturated heterocycles. The number of aromatic nitrogens is 4. The van der Waals surface area contributed by atoms with Gasteiger partial charge in [0, 0.05) is 26.8 Å². The van der Waals surface area contributed by atoms with Gasteiger partial charge in [-0.05, 0) is 6.42 Å². The lowest BCUT2D eigenvalue weighted by Crippen LogP contribution is -2.40. The molecule has 0 unspecified atom stereocenters. The zero-order chi connectivity index (χ0) is 14.9. The van der Waals surface area contributed by atoms with E-state index < -0.39 is 11.2 Å². The van der Waals surface area contributed by atoms with Gasteiger partial charge in [0.1, 0.15) is 11.5 Å². The lowest BCUT2D eigenvalue weighted by Gasteiger charge is -2.14. The molecule has 0 spiro atoms. The largest absolute Gasteiger partial charge is 0.383 e. The molecule has 0 radical (unpaired) electrons. The molecule has 2 aromatic rings. The van der Waals surface area contributed by atoms with Crippen LogP contribution < -0.4 is 22.3 Å². The molecule has 0 aliphatic heterocycles. The molecule has 8 heteroatoms. The Hall–Kier alpha value is -2.51. The Morgan fingerprint density at radius 3 is 2.60 bits per heavy atom. The zero-order valence-electron chi connectivity index (χ0n) is 11.8. The third-order valence-corrected chi connectivity index (χ3v) is 3.00. The molecule has 2 aromatic heterocycles. The van der Waals surface area contributed by atoms with Gasteiger partial charge in [0.15, 0.2) is 0 Å². The molecule has 108 valence electrons. The number of nitrogen functional groups attached to an aromatic ring is 1. The van der Waals surface area contributed by atoms with Crippen molar-refractivity contribution in [3.05, 3.63) is 33.2 Å². The van der Waals surface area contributed by atoms with E-state index in [1.807, 2.05) is 6.92 Å². The molecular weight excluding hydrogens is 260 g/mol. The molecule has 0 saturated carbocycles. The molecule has 0 atom stereocenters. The van der Waals surface area contributed by atoms with Crippen molar-refractivity contribution in [2.75, 3.05) is 11.1 Å². The van der Waals surface area contributed by atoms with E-state index in [0.717, 1.165) is 11.0 Å². The van der Waals surface area contributed by atoms with Gasteiger partial charge in [0.05, 0.1) is 11.9 Å². The van der Waals surface area contributed by atoms with Crippen LogP contribution in [0.3, 0.4) is 0 Å². The summed E-state index contributed by atoms with van der Waals surface area (Å²) >= 11 is 0. The molecule has 2 heterocycles. The average Bonchev–Trinajstić information content (AvgIpc) is 2.83. The Labute approximate surface area is 115 Å².